The van der Waals surface area contributed by atoms with Gasteiger partial charge in [0.05, 0.1) is 23.9 Å². The number of hydrogen-bond acceptors (Lipinski definition) is 3. The lowest BCUT2D eigenvalue weighted by molar-refractivity contribution is 0.0714. The van der Waals surface area contributed by atoms with Crippen LogP contribution in [0.3, 0.4) is 0 Å². The molecule has 2 rings (SSSR count). The molecule has 1 saturated carbocycles. The number of aliphatic hydroxyl groups is 1. The number of halogens is 1. The zero-order chi connectivity index (χ0) is 12.3. The van der Waals surface area contributed by atoms with Crippen LogP contribution in [0.2, 0.25) is 0 Å². The summed E-state index contributed by atoms with van der Waals surface area (Å²) < 4.78 is 13.3. The van der Waals surface area contributed by atoms with Crippen molar-refractivity contribution in [1.29, 1.82) is 0 Å². The van der Waals surface area contributed by atoms with Crippen LogP contribution in [0, 0.1) is 5.82 Å². The normalized spacial score (nSPS) is 24.4. The minimum absolute atomic E-state index is 0.0298. The first-order chi connectivity index (χ1) is 8.18. The highest BCUT2D eigenvalue weighted by Crippen LogP contribution is 2.19. The van der Waals surface area contributed by atoms with Gasteiger partial charge in [-0.2, -0.15) is 0 Å². The maximum atomic E-state index is 13.3. The van der Waals surface area contributed by atoms with Crippen LogP contribution >= 0.6 is 0 Å². The first-order valence-electron chi connectivity index (χ1n) is 5.77. The lowest BCUT2D eigenvalue weighted by Crippen LogP contribution is -2.45. The molecule has 0 unspecified atom stereocenters. The van der Waals surface area contributed by atoms with Gasteiger partial charge in [0, 0.05) is 6.20 Å². The Balaban J connectivity index is 2.04. The fraction of sp³-hybridized carbons (Fsp3) is 0.500. The third kappa shape index (κ3) is 2.79. The quantitative estimate of drug-likeness (QED) is 0.815. The second-order valence-corrected chi connectivity index (χ2v) is 4.29. The van der Waals surface area contributed by atoms with Gasteiger partial charge in [-0.15, -0.1) is 0 Å². The summed E-state index contributed by atoms with van der Waals surface area (Å²) >= 11 is 0. The van der Waals surface area contributed by atoms with Crippen molar-refractivity contribution in [3.8, 4) is 0 Å². The summed E-state index contributed by atoms with van der Waals surface area (Å²) in [5.74, 6) is -1.13. The van der Waals surface area contributed by atoms with Crippen molar-refractivity contribution in [3.05, 3.63) is 29.8 Å². The minimum Gasteiger partial charge on any atom is -0.391 e. The molecule has 92 valence electrons. The Morgan fingerprint density at radius 1 is 1.47 bits per heavy atom. The van der Waals surface area contributed by atoms with E-state index in [9.17, 15) is 14.3 Å². The van der Waals surface area contributed by atoms with E-state index in [1.165, 1.54) is 12.3 Å². The van der Waals surface area contributed by atoms with E-state index in [4.69, 9.17) is 0 Å². The molecule has 1 aliphatic carbocycles. The van der Waals surface area contributed by atoms with E-state index in [2.05, 4.69) is 10.3 Å². The van der Waals surface area contributed by atoms with Crippen LogP contribution in [-0.4, -0.2) is 28.1 Å². The maximum Gasteiger partial charge on any atom is 0.254 e. The Bertz CT molecular complexity index is 411. The van der Waals surface area contributed by atoms with E-state index in [1.54, 1.807) is 0 Å². The molecule has 0 aromatic carbocycles. The van der Waals surface area contributed by atoms with E-state index in [-0.39, 0.29) is 11.6 Å². The number of aliphatic hydroxyl groups excluding tert-OH is 1. The summed E-state index contributed by atoms with van der Waals surface area (Å²) in [6, 6.07) is 1.06. The highest BCUT2D eigenvalue weighted by molar-refractivity contribution is 5.94. The van der Waals surface area contributed by atoms with E-state index in [0.29, 0.717) is 6.42 Å². The van der Waals surface area contributed by atoms with Crippen molar-refractivity contribution < 1.29 is 14.3 Å². The highest BCUT2D eigenvalue weighted by atomic mass is 19.1. The molecule has 0 bridgehead atoms. The second-order valence-electron chi connectivity index (χ2n) is 4.29. The molecule has 2 N–H and O–H groups in total. The minimum atomic E-state index is -0.643. The molecule has 0 spiro atoms. The molecule has 1 heterocycles. The van der Waals surface area contributed by atoms with Crippen LogP contribution in [0.15, 0.2) is 18.5 Å². The van der Waals surface area contributed by atoms with Crippen LogP contribution in [0.4, 0.5) is 4.39 Å². The van der Waals surface area contributed by atoms with Gasteiger partial charge < -0.3 is 10.4 Å². The van der Waals surface area contributed by atoms with Gasteiger partial charge in [-0.1, -0.05) is 12.8 Å². The van der Waals surface area contributed by atoms with Crippen LogP contribution in [-0.2, 0) is 0 Å². The van der Waals surface area contributed by atoms with Crippen molar-refractivity contribution in [2.24, 2.45) is 0 Å². The third-order valence-corrected chi connectivity index (χ3v) is 3.06. The molecule has 1 amide bonds. The van der Waals surface area contributed by atoms with Crippen molar-refractivity contribution in [1.82, 2.24) is 10.3 Å². The topological polar surface area (TPSA) is 62.2 Å². The van der Waals surface area contributed by atoms with Gasteiger partial charge in [-0.3, -0.25) is 9.78 Å². The molecule has 1 aromatic rings. The smallest absolute Gasteiger partial charge is 0.254 e. The molecular weight excluding hydrogens is 223 g/mol. The SMILES string of the molecule is O=C(N[C@H]1CCCC[C@@H]1O)c1ccncc1F. The lowest BCUT2D eigenvalue weighted by Gasteiger charge is -2.28. The Kier molecular flexibility index (Phi) is 3.68. The number of nitrogens with zero attached hydrogens (tertiary/aromatic N) is 1. The predicted octanol–water partition coefficient (Wildman–Crippen LogP) is 1.25. The third-order valence-electron chi connectivity index (χ3n) is 3.06. The second kappa shape index (κ2) is 5.23. The van der Waals surface area contributed by atoms with Crippen molar-refractivity contribution in [2.75, 3.05) is 0 Å². The van der Waals surface area contributed by atoms with Gasteiger partial charge in [-0.05, 0) is 18.9 Å². The highest BCUT2D eigenvalue weighted by Gasteiger charge is 2.25. The number of amides is 1. The largest absolute Gasteiger partial charge is 0.391 e. The molecule has 1 fully saturated rings. The predicted molar refractivity (Wildman–Crippen MR) is 59.9 cm³/mol. The van der Waals surface area contributed by atoms with Crippen molar-refractivity contribution in [2.45, 2.75) is 37.8 Å². The molecule has 2 atom stereocenters. The maximum absolute atomic E-state index is 13.3. The van der Waals surface area contributed by atoms with E-state index >= 15 is 0 Å². The van der Waals surface area contributed by atoms with Crippen LogP contribution in [0.5, 0.6) is 0 Å². The first-order valence-corrected chi connectivity index (χ1v) is 5.77. The van der Waals surface area contributed by atoms with Crippen LogP contribution in [0.25, 0.3) is 0 Å². The number of carbonyl (C=O) groups excluding carboxylic acids is 1. The Labute approximate surface area is 98.9 Å². The number of nitrogens with one attached hydrogen (secondary N) is 1. The summed E-state index contributed by atoms with van der Waals surface area (Å²) in [6.45, 7) is 0. The number of carbonyl (C=O) groups is 1. The van der Waals surface area contributed by atoms with Crippen LogP contribution in [0.1, 0.15) is 36.0 Å². The summed E-state index contributed by atoms with van der Waals surface area (Å²) in [7, 11) is 0. The molecule has 1 aromatic heterocycles. The Morgan fingerprint density at radius 3 is 2.94 bits per heavy atom. The Morgan fingerprint density at radius 2 is 2.24 bits per heavy atom. The zero-order valence-corrected chi connectivity index (χ0v) is 9.40. The molecule has 5 heteroatoms. The summed E-state index contributed by atoms with van der Waals surface area (Å²) in [5.41, 5.74) is -0.0298. The standard InChI is InChI=1S/C12H15FN2O2/c13-9-7-14-6-5-8(9)12(17)15-10-3-1-2-4-11(10)16/h5-7,10-11,16H,1-4H2,(H,15,17)/t10-,11-/m0/s1. The van der Waals surface area contributed by atoms with E-state index in [1.807, 2.05) is 0 Å². The van der Waals surface area contributed by atoms with E-state index < -0.39 is 17.8 Å². The molecule has 0 aliphatic heterocycles. The number of rotatable bonds is 2. The molecular formula is C12H15FN2O2. The summed E-state index contributed by atoms with van der Waals surface area (Å²) in [5, 5.41) is 12.4. The molecule has 4 nitrogen and oxygen atoms in total. The Hall–Kier alpha value is -1.49. The zero-order valence-electron chi connectivity index (χ0n) is 9.40. The number of hydrogen-bond donors (Lipinski definition) is 2. The van der Waals surface area contributed by atoms with Gasteiger partial charge in [0.1, 0.15) is 0 Å². The molecule has 0 radical (unpaired) electrons. The molecule has 17 heavy (non-hydrogen) atoms. The van der Waals surface area contributed by atoms with E-state index in [0.717, 1.165) is 25.5 Å². The van der Waals surface area contributed by atoms with Gasteiger partial charge in [0.2, 0.25) is 0 Å². The molecule has 0 saturated heterocycles. The average molecular weight is 238 g/mol. The fourth-order valence-electron chi connectivity index (χ4n) is 2.09. The van der Waals surface area contributed by atoms with Crippen LogP contribution < -0.4 is 5.32 Å². The van der Waals surface area contributed by atoms with Gasteiger partial charge in [0.25, 0.3) is 5.91 Å². The van der Waals surface area contributed by atoms with Gasteiger partial charge in [-0.25, -0.2) is 4.39 Å². The van der Waals surface area contributed by atoms with Crippen molar-refractivity contribution in [3.63, 3.8) is 0 Å². The monoisotopic (exact) mass is 238 g/mol. The van der Waals surface area contributed by atoms with Gasteiger partial charge in [0.15, 0.2) is 5.82 Å². The fourth-order valence-corrected chi connectivity index (χ4v) is 2.09. The first kappa shape index (κ1) is 12.0. The van der Waals surface area contributed by atoms with Crippen molar-refractivity contribution >= 4 is 5.91 Å². The number of pyridine rings is 1. The number of aromatic nitrogens is 1. The van der Waals surface area contributed by atoms with Gasteiger partial charge >= 0.3 is 0 Å². The molecule has 1 aliphatic rings. The summed E-state index contributed by atoms with van der Waals surface area (Å²) in [6.07, 6.45) is 5.21. The average Bonchev–Trinajstić information content (AvgIpc) is 2.32. The summed E-state index contributed by atoms with van der Waals surface area (Å²) in [4.78, 5) is 15.4. The lowest BCUT2D eigenvalue weighted by atomic mass is 9.92.